The van der Waals surface area contributed by atoms with Crippen molar-refractivity contribution in [2.24, 2.45) is 0 Å². The van der Waals surface area contributed by atoms with E-state index in [4.69, 9.17) is 26.1 Å². The first kappa shape index (κ1) is 29.5. The predicted octanol–water partition coefficient (Wildman–Crippen LogP) is 3.65. The van der Waals surface area contributed by atoms with Gasteiger partial charge in [-0.05, 0) is 44.6 Å². The minimum atomic E-state index is -4.79. The van der Waals surface area contributed by atoms with Gasteiger partial charge in [-0.1, -0.05) is 48.5 Å². The Hall–Kier alpha value is -3.26. The van der Waals surface area contributed by atoms with Crippen LogP contribution in [0.4, 0.5) is 11.5 Å². The molecule has 1 saturated heterocycles. The first-order valence-corrected chi connectivity index (χ1v) is 17.4. The van der Waals surface area contributed by atoms with Crippen LogP contribution in [0.15, 0.2) is 60.9 Å². The number of hydrogen-bond donors (Lipinski definition) is 7. The largest absolute Gasteiger partial charge is 0.387 e. The lowest BCUT2D eigenvalue weighted by Gasteiger charge is -2.19. The summed E-state index contributed by atoms with van der Waals surface area (Å²) in [6.45, 7) is -0.480. The van der Waals surface area contributed by atoms with Gasteiger partial charge in [0.25, 0.3) is 7.52 Å². The molecule has 228 valence electrons. The van der Waals surface area contributed by atoms with E-state index in [0.717, 1.165) is 38.0 Å². The van der Waals surface area contributed by atoms with Crippen molar-refractivity contribution in [2.75, 3.05) is 17.8 Å². The Morgan fingerprint density at radius 3 is 2.32 bits per heavy atom. The van der Waals surface area contributed by atoms with Gasteiger partial charge in [0.1, 0.15) is 24.2 Å². The summed E-state index contributed by atoms with van der Waals surface area (Å²) in [6, 6.07) is 18.4. The van der Waals surface area contributed by atoms with Crippen molar-refractivity contribution >= 4 is 81.7 Å². The van der Waals surface area contributed by atoms with Gasteiger partial charge in [0, 0.05) is 17.6 Å². The summed E-state index contributed by atoms with van der Waals surface area (Å²) in [4.78, 5) is 41.0. The topological polar surface area (TPSA) is 212 Å². The van der Waals surface area contributed by atoms with Crippen molar-refractivity contribution in [3.05, 3.63) is 66.2 Å². The third-order valence-corrected chi connectivity index (χ3v) is 11.6. The fourth-order valence-electron chi connectivity index (χ4n) is 5.80. The Labute approximate surface area is 253 Å². The standard InChI is InChI=1S/C27H25ClN6O8P2/c28-27-32-24(31-17-9-7-15-5-4-13-2-1-3-14-6-8-16(17)20(15)19(13)14)21-25(33-27)34(11-29-21)26-23(36)22(35)18(42-26)10-30-43(37,38)12-44(39,40)41/h1-9,11,18,22-23,26,35-36H,10,12H2,(H2,30,37,38)(H,31,32,33)(H2,39,40,41)/t18-,22?,23?,26-/m1/s1. The monoisotopic (exact) mass is 658 g/mol. The second kappa shape index (κ2) is 10.7. The lowest BCUT2D eigenvalue weighted by molar-refractivity contribution is -0.0331. The van der Waals surface area contributed by atoms with Crippen molar-refractivity contribution in [3.63, 3.8) is 0 Å². The average Bonchev–Trinajstić information content (AvgIpc) is 3.50. The normalized spacial score (nSPS) is 22.4. The third-order valence-electron chi connectivity index (χ3n) is 7.70. The number of ether oxygens (including phenoxy) is 1. The zero-order chi connectivity index (χ0) is 31.0. The SMILES string of the molecule is O=P(O)(O)CP(=O)(O)NC[C@H]1O[C@@H](n2cnc3c(Nc4ccc5ccc6cccc7ccc4c5c67)nc(Cl)nc32)C(O)C1O. The zero-order valence-corrected chi connectivity index (χ0v) is 25.1. The molecule has 0 aliphatic carbocycles. The third kappa shape index (κ3) is 5.23. The molecule has 6 aromatic rings. The predicted molar refractivity (Wildman–Crippen MR) is 164 cm³/mol. The molecule has 0 radical (unpaired) electrons. The molecule has 44 heavy (non-hydrogen) atoms. The number of imidazole rings is 1. The summed E-state index contributed by atoms with van der Waals surface area (Å²) in [6.07, 6.45) is -4.13. The molecule has 1 fully saturated rings. The summed E-state index contributed by atoms with van der Waals surface area (Å²) in [7, 11) is -9.26. The van der Waals surface area contributed by atoms with E-state index >= 15 is 0 Å². The van der Waals surface area contributed by atoms with E-state index in [1.54, 1.807) is 0 Å². The number of aromatic nitrogens is 4. The smallest absolute Gasteiger partial charge is 0.336 e. The van der Waals surface area contributed by atoms with Gasteiger partial charge >= 0.3 is 7.60 Å². The van der Waals surface area contributed by atoms with Crippen LogP contribution in [0, 0.1) is 0 Å². The van der Waals surface area contributed by atoms with Crippen LogP contribution in [-0.2, 0) is 13.9 Å². The van der Waals surface area contributed by atoms with Gasteiger partial charge < -0.3 is 34.9 Å². The van der Waals surface area contributed by atoms with Gasteiger partial charge in [-0.3, -0.25) is 13.7 Å². The van der Waals surface area contributed by atoms with Gasteiger partial charge in [-0.25, -0.2) is 10.1 Å². The fraction of sp³-hybridized carbons (Fsp3) is 0.222. The molecule has 14 nitrogen and oxygen atoms in total. The molecule has 7 rings (SSSR count). The van der Waals surface area contributed by atoms with Crippen LogP contribution in [0.2, 0.25) is 5.28 Å². The van der Waals surface area contributed by atoms with E-state index in [0.29, 0.717) is 11.3 Å². The Morgan fingerprint density at radius 2 is 1.59 bits per heavy atom. The molecular formula is C27H25ClN6O8P2. The van der Waals surface area contributed by atoms with Crippen LogP contribution < -0.4 is 10.4 Å². The van der Waals surface area contributed by atoms with Crippen LogP contribution in [-0.4, -0.2) is 75.2 Å². The molecule has 2 aromatic heterocycles. The summed E-state index contributed by atoms with van der Waals surface area (Å²) < 4.78 is 30.5. The van der Waals surface area contributed by atoms with E-state index in [2.05, 4.69) is 55.7 Å². The van der Waals surface area contributed by atoms with E-state index in [-0.39, 0.29) is 10.9 Å². The van der Waals surface area contributed by atoms with E-state index < -0.39 is 52.1 Å². The summed E-state index contributed by atoms with van der Waals surface area (Å²) in [5.74, 6) is -1.00. The molecule has 0 saturated carbocycles. The van der Waals surface area contributed by atoms with Gasteiger partial charge in [0.05, 0.1) is 6.33 Å². The number of hydrogen-bond acceptors (Lipinski definition) is 9. The van der Waals surface area contributed by atoms with Crippen molar-refractivity contribution in [3.8, 4) is 0 Å². The number of nitrogens with one attached hydrogen (secondary N) is 2. The molecule has 1 aliphatic heterocycles. The molecular weight excluding hydrogens is 634 g/mol. The van der Waals surface area contributed by atoms with Gasteiger partial charge in [-0.2, -0.15) is 9.97 Å². The minimum absolute atomic E-state index is 0.121. The lowest BCUT2D eigenvalue weighted by atomic mass is 9.93. The van der Waals surface area contributed by atoms with Crippen molar-refractivity contribution in [1.82, 2.24) is 24.6 Å². The summed E-state index contributed by atoms with van der Waals surface area (Å²) >= 11 is 6.33. The highest BCUT2D eigenvalue weighted by Gasteiger charge is 2.45. The second-order valence-corrected chi connectivity index (χ2v) is 15.2. The highest BCUT2D eigenvalue weighted by Crippen LogP contribution is 2.52. The molecule has 7 N–H and O–H groups in total. The van der Waals surface area contributed by atoms with Crippen LogP contribution in [0.3, 0.4) is 0 Å². The molecule has 1 aliphatic rings. The van der Waals surface area contributed by atoms with Crippen LogP contribution >= 0.6 is 26.7 Å². The number of aliphatic hydroxyl groups is 2. The number of anilines is 2. The average molecular weight is 659 g/mol. The summed E-state index contributed by atoms with van der Waals surface area (Å²) in [5.41, 5.74) is 1.24. The van der Waals surface area contributed by atoms with Crippen LogP contribution in [0.5, 0.6) is 0 Å². The quantitative estimate of drug-likeness (QED) is 0.0708. The number of aliphatic hydroxyl groups excluding tert-OH is 2. The summed E-state index contributed by atoms with van der Waals surface area (Å²) in [5, 5.41) is 33.3. The molecule has 17 heteroatoms. The van der Waals surface area contributed by atoms with Gasteiger partial charge in [0.15, 0.2) is 23.2 Å². The molecule has 3 unspecified atom stereocenters. The van der Waals surface area contributed by atoms with Crippen LogP contribution in [0.1, 0.15) is 6.23 Å². The molecule has 4 aromatic carbocycles. The van der Waals surface area contributed by atoms with Gasteiger partial charge in [0.2, 0.25) is 5.28 Å². The minimum Gasteiger partial charge on any atom is -0.387 e. The van der Waals surface area contributed by atoms with Gasteiger partial charge in [-0.15, -0.1) is 0 Å². The maximum atomic E-state index is 12.2. The van der Waals surface area contributed by atoms with E-state index in [1.165, 1.54) is 10.9 Å². The van der Waals surface area contributed by atoms with Crippen molar-refractivity contribution in [1.29, 1.82) is 0 Å². The highest BCUT2D eigenvalue weighted by atomic mass is 35.5. The Bertz CT molecular complexity index is 2140. The first-order valence-electron chi connectivity index (χ1n) is 13.4. The number of nitrogens with zero attached hydrogens (tertiary/aromatic N) is 4. The Kier molecular flexibility index (Phi) is 7.15. The second-order valence-electron chi connectivity index (χ2n) is 10.7. The Morgan fingerprint density at radius 1 is 0.909 bits per heavy atom. The Balaban J connectivity index is 1.21. The van der Waals surface area contributed by atoms with E-state index in [9.17, 15) is 24.2 Å². The molecule has 5 atom stereocenters. The highest BCUT2D eigenvalue weighted by molar-refractivity contribution is 7.71. The van der Waals surface area contributed by atoms with Crippen LogP contribution in [0.25, 0.3) is 43.5 Å². The lowest BCUT2D eigenvalue weighted by Crippen LogP contribution is -2.37. The number of fused-ring (bicyclic) bond motifs is 1. The fourth-order valence-corrected chi connectivity index (χ4v) is 8.82. The molecule has 0 amide bonds. The maximum absolute atomic E-state index is 12.2. The van der Waals surface area contributed by atoms with Crippen molar-refractivity contribution in [2.45, 2.75) is 24.5 Å². The van der Waals surface area contributed by atoms with Crippen molar-refractivity contribution < 1.29 is 38.8 Å². The first-order chi connectivity index (χ1) is 20.9. The molecule has 0 spiro atoms. The maximum Gasteiger partial charge on any atom is 0.336 e. The molecule has 0 bridgehead atoms. The number of halogens is 1. The number of benzene rings is 4. The zero-order valence-electron chi connectivity index (χ0n) is 22.5. The van der Waals surface area contributed by atoms with E-state index in [1.807, 2.05) is 24.3 Å². The number of rotatable bonds is 8. The molecule has 3 heterocycles.